The van der Waals surface area contributed by atoms with Crippen molar-refractivity contribution in [3.05, 3.63) is 34.4 Å². The average molecular weight is 312 g/mol. The van der Waals surface area contributed by atoms with Gasteiger partial charge in [0, 0.05) is 18.7 Å². The highest BCUT2D eigenvalue weighted by Crippen LogP contribution is 2.51. The highest BCUT2D eigenvalue weighted by molar-refractivity contribution is 7.52. The van der Waals surface area contributed by atoms with Gasteiger partial charge in [-0.3, -0.25) is 14.6 Å². The summed E-state index contributed by atoms with van der Waals surface area (Å²) < 4.78 is 23.7. The van der Waals surface area contributed by atoms with E-state index in [-0.39, 0.29) is 11.8 Å². The third-order valence-electron chi connectivity index (χ3n) is 3.93. The molecule has 3 rings (SSSR count). The minimum atomic E-state index is -3.38. The van der Waals surface area contributed by atoms with Crippen molar-refractivity contribution in [2.75, 3.05) is 6.54 Å². The van der Waals surface area contributed by atoms with Crippen LogP contribution < -0.4 is 9.61 Å². The fourth-order valence-corrected chi connectivity index (χ4v) is 4.49. The van der Waals surface area contributed by atoms with E-state index in [1.165, 1.54) is 30.7 Å². The van der Waals surface area contributed by atoms with E-state index >= 15 is 0 Å². The van der Waals surface area contributed by atoms with Gasteiger partial charge in [-0.1, -0.05) is 12.8 Å². The number of fused-ring (bicyclic) bond motifs is 1. The summed E-state index contributed by atoms with van der Waals surface area (Å²) in [6.07, 6.45) is 4.22. The van der Waals surface area contributed by atoms with Crippen molar-refractivity contribution >= 4 is 13.4 Å². The fourth-order valence-electron chi connectivity index (χ4n) is 2.81. The van der Waals surface area contributed by atoms with Crippen LogP contribution in [0.2, 0.25) is 0 Å². The topological polar surface area (TPSA) is 90.7 Å². The maximum atomic E-state index is 12.6. The molecule has 21 heavy (non-hydrogen) atoms. The van der Waals surface area contributed by atoms with Crippen molar-refractivity contribution in [3.8, 4) is 5.75 Å². The number of nitrogens with zero attached hydrogens (tertiary/aromatic N) is 1. The number of hydrogen-bond donors (Lipinski definition) is 1. The van der Waals surface area contributed by atoms with Crippen LogP contribution in [0, 0.1) is 16.0 Å². The lowest BCUT2D eigenvalue weighted by Gasteiger charge is -2.38. The molecule has 0 aromatic heterocycles. The summed E-state index contributed by atoms with van der Waals surface area (Å²) in [5, 5.41) is 13.5. The molecule has 1 saturated carbocycles. The Labute approximate surface area is 122 Å². The van der Waals surface area contributed by atoms with E-state index in [0.29, 0.717) is 18.2 Å². The minimum absolute atomic E-state index is 0.0242. The van der Waals surface area contributed by atoms with Gasteiger partial charge < -0.3 is 4.52 Å². The zero-order valence-electron chi connectivity index (χ0n) is 11.4. The van der Waals surface area contributed by atoms with Gasteiger partial charge in [-0.2, -0.15) is 0 Å². The maximum absolute atomic E-state index is 12.6. The molecule has 0 spiro atoms. The van der Waals surface area contributed by atoms with Crippen LogP contribution in [-0.4, -0.2) is 17.6 Å². The standard InChI is InChI=1S/C13H17N2O5P/c16-15(17)11-5-7-12(8-6-11)19-21(18)14-9-10-3-1-2-4-13(10)20-21/h5-8,10,13H,1-4,9H2,(H,14,18). The molecule has 1 saturated heterocycles. The third kappa shape index (κ3) is 3.26. The summed E-state index contributed by atoms with van der Waals surface area (Å²) in [6.45, 7) is 0.620. The van der Waals surface area contributed by atoms with E-state index in [4.69, 9.17) is 9.05 Å². The molecular formula is C13H17N2O5P. The molecule has 3 unspecified atom stereocenters. The molecule has 7 nitrogen and oxygen atoms in total. The van der Waals surface area contributed by atoms with Crippen molar-refractivity contribution in [1.29, 1.82) is 0 Å². The molecule has 0 amide bonds. The lowest BCUT2D eigenvalue weighted by atomic mass is 9.87. The summed E-state index contributed by atoms with van der Waals surface area (Å²) in [5.74, 6) is 0.687. The van der Waals surface area contributed by atoms with Gasteiger partial charge in [0.15, 0.2) is 0 Å². The molecule has 1 aromatic carbocycles. The Hall–Kier alpha value is -1.43. The number of non-ortho nitro benzene ring substituents is 1. The van der Waals surface area contributed by atoms with E-state index in [9.17, 15) is 14.7 Å². The van der Waals surface area contributed by atoms with Crippen LogP contribution in [0.1, 0.15) is 25.7 Å². The molecule has 1 heterocycles. The lowest BCUT2D eigenvalue weighted by Crippen LogP contribution is -2.41. The van der Waals surface area contributed by atoms with Crippen molar-refractivity contribution in [2.45, 2.75) is 31.8 Å². The van der Waals surface area contributed by atoms with Gasteiger partial charge in [-0.15, -0.1) is 0 Å². The molecule has 1 aromatic rings. The van der Waals surface area contributed by atoms with Gasteiger partial charge in [0.2, 0.25) is 0 Å². The molecular weight excluding hydrogens is 295 g/mol. The molecule has 1 aliphatic heterocycles. The van der Waals surface area contributed by atoms with Crippen molar-refractivity contribution in [2.24, 2.45) is 5.92 Å². The van der Waals surface area contributed by atoms with Gasteiger partial charge in [0.05, 0.1) is 11.0 Å². The highest BCUT2D eigenvalue weighted by Gasteiger charge is 2.41. The Morgan fingerprint density at radius 3 is 2.71 bits per heavy atom. The first-order valence-corrected chi connectivity index (χ1v) is 8.58. The largest absolute Gasteiger partial charge is 0.459 e. The SMILES string of the molecule is O=[N+]([O-])c1ccc(OP2(=O)NCC3CCCCC3O2)cc1. The Bertz CT molecular complexity index is 576. The molecule has 0 radical (unpaired) electrons. The second-order valence-corrected chi connectivity index (χ2v) is 7.09. The summed E-state index contributed by atoms with van der Waals surface area (Å²) in [7, 11) is -3.38. The Kier molecular flexibility index (Phi) is 3.97. The average Bonchev–Trinajstić information content (AvgIpc) is 2.47. The van der Waals surface area contributed by atoms with Gasteiger partial charge in [0.25, 0.3) is 5.69 Å². The molecule has 114 valence electrons. The molecule has 1 aliphatic carbocycles. The lowest BCUT2D eigenvalue weighted by molar-refractivity contribution is -0.384. The van der Waals surface area contributed by atoms with Crippen molar-refractivity contribution in [3.63, 3.8) is 0 Å². The van der Waals surface area contributed by atoms with E-state index in [0.717, 1.165) is 19.3 Å². The van der Waals surface area contributed by atoms with Crippen LogP contribution in [0.5, 0.6) is 5.75 Å². The fraction of sp³-hybridized carbons (Fsp3) is 0.538. The summed E-state index contributed by atoms with van der Waals surface area (Å²) >= 11 is 0. The normalized spacial score (nSPS) is 32.2. The van der Waals surface area contributed by atoms with Crippen LogP contribution >= 0.6 is 7.75 Å². The number of rotatable bonds is 3. The van der Waals surface area contributed by atoms with E-state index in [2.05, 4.69) is 5.09 Å². The first-order chi connectivity index (χ1) is 10.1. The number of nitro benzene ring substituents is 1. The van der Waals surface area contributed by atoms with Gasteiger partial charge in [0.1, 0.15) is 5.75 Å². The van der Waals surface area contributed by atoms with Crippen LogP contribution in [0.15, 0.2) is 24.3 Å². The summed E-state index contributed by atoms with van der Waals surface area (Å²) in [5.41, 5.74) is -0.0366. The van der Waals surface area contributed by atoms with E-state index in [1.807, 2.05) is 0 Å². The molecule has 1 N–H and O–H groups in total. The predicted octanol–water partition coefficient (Wildman–Crippen LogP) is 3.26. The molecule has 3 atom stereocenters. The number of benzene rings is 1. The zero-order valence-corrected chi connectivity index (χ0v) is 12.3. The number of nitrogens with one attached hydrogen (secondary N) is 1. The van der Waals surface area contributed by atoms with Gasteiger partial charge in [-0.25, -0.2) is 9.65 Å². The Morgan fingerprint density at radius 1 is 1.29 bits per heavy atom. The smallest absolute Gasteiger partial charge is 0.413 e. The van der Waals surface area contributed by atoms with Gasteiger partial charge in [-0.05, 0) is 30.9 Å². The van der Waals surface area contributed by atoms with Gasteiger partial charge >= 0.3 is 7.75 Å². The minimum Gasteiger partial charge on any atom is -0.413 e. The predicted molar refractivity (Wildman–Crippen MR) is 76.2 cm³/mol. The molecule has 2 aliphatic rings. The monoisotopic (exact) mass is 312 g/mol. The first-order valence-electron chi connectivity index (χ1n) is 7.03. The van der Waals surface area contributed by atoms with Crippen LogP contribution in [0.25, 0.3) is 0 Å². The first kappa shape index (κ1) is 14.5. The van der Waals surface area contributed by atoms with E-state index in [1.54, 1.807) is 0 Å². The molecule has 8 heteroatoms. The molecule has 0 bridgehead atoms. The Balaban J connectivity index is 1.68. The van der Waals surface area contributed by atoms with Crippen LogP contribution in [-0.2, 0) is 9.09 Å². The van der Waals surface area contributed by atoms with Crippen LogP contribution in [0.3, 0.4) is 0 Å². The number of nitro groups is 1. The quantitative estimate of drug-likeness (QED) is 0.523. The second kappa shape index (κ2) is 5.75. The summed E-state index contributed by atoms with van der Waals surface area (Å²) in [6, 6.07) is 5.48. The second-order valence-electron chi connectivity index (χ2n) is 5.39. The Morgan fingerprint density at radius 2 is 2.00 bits per heavy atom. The molecule has 2 fully saturated rings. The number of hydrogen-bond acceptors (Lipinski definition) is 5. The zero-order chi connectivity index (χ0) is 14.9. The highest BCUT2D eigenvalue weighted by atomic mass is 31.2. The van der Waals surface area contributed by atoms with Crippen molar-refractivity contribution in [1.82, 2.24) is 5.09 Å². The van der Waals surface area contributed by atoms with Crippen molar-refractivity contribution < 1.29 is 18.5 Å². The summed E-state index contributed by atoms with van der Waals surface area (Å²) in [4.78, 5) is 10.1. The third-order valence-corrected chi connectivity index (χ3v) is 5.50. The van der Waals surface area contributed by atoms with E-state index < -0.39 is 12.7 Å². The maximum Gasteiger partial charge on any atom is 0.459 e. The van der Waals surface area contributed by atoms with Crippen LogP contribution in [0.4, 0.5) is 5.69 Å².